The Hall–Kier alpha value is -0.690. The van der Waals surface area contributed by atoms with Gasteiger partial charge < -0.3 is 0 Å². The maximum atomic E-state index is 3.80. The standard InChI is InChI=1S/C17H24S/c1-2-3-5-8-15-11-13-17(14-12-15)18-16-9-6-4-7-10-16/h2,4,6-7,9-10,15,17H,1,3,5,8,11-14H2. The van der Waals surface area contributed by atoms with Crippen LogP contribution in [0, 0.1) is 5.92 Å². The maximum Gasteiger partial charge on any atom is 0.00946 e. The molecule has 0 heterocycles. The number of rotatable bonds is 6. The minimum absolute atomic E-state index is 0.850. The highest BCUT2D eigenvalue weighted by molar-refractivity contribution is 8.00. The van der Waals surface area contributed by atoms with Gasteiger partial charge in [0, 0.05) is 10.1 Å². The van der Waals surface area contributed by atoms with E-state index in [0.29, 0.717) is 0 Å². The van der Waals surface area contributed by atoms with Gasteiger partial charge >= 0.3 is 0 Å². The molecular formula is C17H24S. The molecule has 0 saturated heterocycles. The van der Waals surface area contributed by atoms with E-state index in [0.717, 1.165) is 11.2 Å². The zero-order valence-electron chi connectivity index (χ0n) is 11.2. The summed E-state index contributed by atoms with van der Waals surface area (Å²) in [5.74, 6) is 0.984. The molecule has 0 amide bonds. The van der Waals surface area contributed by atoms with Crippen LogP contribution in [0.3, 0.4) is 0 Å². The van der Waals surface area contributed by atoms with Gasteiger partial charge in [-0.3, -0.25) is 0 Å². The second-order valence-electron chi connectivity index (χ2n) is 5.29. The zero-order chi connectivity index (χ0) is 12.6. The third-order valence-corrected chi connectivity index (χ3v) is 5.21. The highest BCUT2D eigenvalue weighted by atomic mass is 32.2. The Bertz CT molecular complexity index is 336. The van der Waals surface area contributed by atoms with Crippen LogP contribution in [-0.4, -0.2) is 5.25 Å². The molecule has 0 aliphatic heterocycles. The van der Waals surface area contributed by atoms with Crippen molar-refractivity contribution in [2.24, 2.45) is 5.92 Å². The third-order valence-electron chi connectivity index (χ3n) is 3.86. The van der Waals surface area contributed by atoms with Gasteiger partial charge in [-0.05, 0) is 56.6 Å². The molecule has 0 spiro atoms. The van der Waals surface area contributed by atoms with Crippen molar-refractivity contribution >= 4 is 11.8 Å². The molecular weight excluding hydrogens is 236 g/mol. The molecule has 98 valence electrons. The van der Waals surface area contributed by atoms with Crippen LogP contribution in [0.5, 0.6) is 0 Å². The molecule has 1 fully saturated rings. The first kappa shape index (κ1) is 13.7. The van der Waals surface area contributed by atoms with Crippen molar-refractivity contribution in [2.75, 3.05) is 0 Å². The molecule has 2 rings (SSSR count). The monoisotopic (exact) mass is 260 g/mol. The van der Waals surface area contributed by atoms with Gasteiger partial charge in [0.05, 0.1) is 0 Å². The van der Waals surface area contributed by atoms with Gasteiger partial charge in [-0.15, -0.1) is 18.3 Å². The van der Waals surface area contributed by atoms with E-state index in [9.17, 15) is 0 Å². The van der Waals surface area contributed by atoms with Crippen molar-refractivity contribution in [3.05, 3.63) is 43.0 Å². The molecule has 0 bridgehead atoms. The molecule has 18 heavy (non-hydrogen) atoms. The first-order valence-electron chi connectivity index (χ1n) is 7.21. The number of hydrogen-bond donors (Lipinski definition) is 0. The summed E-state index contributed by atoms with van der Waals surface area (Å²) in [7, 11) is 0. The van der Waals surface area contributed by atoms with E-state index in [1.807, 2.05) is 0 Å². The van der Waals surface area contributed by atoms with E-state index in [4.69, 9.17) is 0 Å². The van der Waals surface area contributed by atoms with Crippen molar-refractivity contribution in [1.82, 2.24) is 0 Å². The van der Waals surface area contributed by atoms with Gasteiger partial charge in [-0.2, -0.15) is 0 Å². The summed E-state index contributed by atoms with van der Waals surface area (Å²) in [4.78, 5) is 1.44. The Kier molecular flexibility index (Phi) is 5.86. The van der Waals surface area contributed by atoms with Gasteiger partial charge in [0.15, 0.2) is 0 Å². The van der Waals surface area contributed by atoms with Gasteiger partial charge in [-0.1, -0.05) is 30.7 Å². The third kappa shape index (κ3) is 4.53. The fourth-order valence-electron chi connectivity index (χ4n) is 2.78. The fourth-order valence-corrected chi connectivity index (χ4v) is 3.99. The van der Waals surface area contributed by atoms with E-state index in [-0.39, 0.29) is 0 Å². The molecule has 0 atom stereocenters. The van der Waals surface area contributed by atoms with Crippen LogP contribution in [-0.2, 0) is 0 Å². The average Bonchev–Trinajstić information content (AvgIpc) is 2.42. The van der Waals surface area contributed by atoms with Crippen LogP contribution in [0.2, 0.25) is 0 Å². The summed E-state index contributed by atoms with van der Waals surface area (Å²) in [6, 6.07) is 10.9. The van der Waals surface area contributed by atoms with Gasteiger partial charge in [-0.25, -0.2) is 0 Å². The van der Waals surface area contributed by atoms with E-state index >= 15 is 0 Å². The molecule has 1 heteroatoms. The Balaban J connectivity index is 1.68. The molecule has 1 saturated carbocycles. The highest BCUT2D eigenvalue weighted by Crippen LogP contribution is 2.37. The van der Waals surface area contributed by atoms with Gasteiger partial charge in [0.25, 0.3) is 0 Å². The Morgan fingerprint density at radius 1 is 1.11 bits per heavy atom. The topological polar surface area (TPSA) is 0 Å². The lowest BCUT2D eigenvalue weighted by molar-refractivity contribution is 0.339. The summed E-state index contributed by atoms with van der Waals surface area (Å²) < 4.78 is 0. The number of hydrogen-bond acceptors (Lipinski definition) is 1. The van der Waals surface area contributed by atoms with Crippen molar-refractivity contribution in [3.8, 4) is 0 Å². The van der Waals surface area contributed by atoms with Crippen LogP contribution >= 0.6 is 11.8 Å². The Morgan fingerprint density at radius 2 is 1.83 bits per heavy atom. The first-order valence-corrected chi connectivity index (χ1v) is 8.09. The summed E-state index contributed by atoms with van der Waals surface area (Å²) in [5.41, 5.74) is 0. The van der Waals surface area contributed by atoms with E-state index < -0.39 is 0 Å². The van der Waals surface area contributed by atoms with Crippen LogP contribution in [0.4, 0.5) is 0 Å². The first-order chi connectivity index (χ1) is 8.88. The minimum Gasteiger partial charge on any atom is -0.123 e. The minimum atomic E-state index is 0.850. The molecule has 1 aromatic rings. The molecule has 1 aliphatic rings. The average molecular weight is 260 g/mol. The number of benzene rings is 1. The zero-order valence-corrected chi connectivity index (χ0v) is 12.0. The maximum absolute atomic E-state index is 3.80. The Labute approximate surface area is 116 Å². The SMILES string of the molecule is C=CCCCC1CCC(Sc2ccccc2)CC1. The number of allylic oxidation sites excluding steroid dienone is 1. The smallest absolute Gasteiger partial charge is 0.00946 e. The quantitative estimate of drug-likeness (QED) is 0.467. The van der Waals surface area contributed by atoms with Crippen molar-refractivity contribution < 1.29 is 0 Å². The second-order valence-corrected chi connectivity index (χ2v) is 6.67. The van der Waals surface area contributed by atoms with Crippen LogP contribution in [0.25, 0.3) is 0 Å². The van der Waals surface area contributed by atoms with Crippen molar-refractivity contribution in [2.45, 2.75) is 55.1 Å². The van der Waals surface area contributed by atoms with E-state index in [1.165, 1.54) is 49.8 Å². The van der Waals surface area contributed by atoms with Gasteiger partial charge in [0.2, 0.25) is 0 Å². The normalized spacial score (nSPS) is 23.8. The lowest BCUT2D eigenvalue weighted by atomic mass is 9.85. The number of unbranched alkanes of at least 4 members (excludes halogenated alkanes) is 1. The molecule has 0 nitrogen and oxygen atoms in total. The fraction of sp³-hybridized carbons (Fsp3) is 0.529. The lowest BCUT2D eigenvalue weighted by Gasteiger charge is -2.28. The molecule has 1 aliphatic carbocycles. The number of thioether (sulfide) groups is 1. The molecule has 0 unspecified atom stereocenters. The molecule has 0 aromatic heterocycles. The largest absolute Gasteiger partial charge is 0.123 e. The van der Waals surface area contributed by atoms with Crippen molar-refractivity contribution in [3.63, 3.8) is 0 Å². The lowest BCUT2D eigenvalue weighted by Crippen LogP contribution is -2.16. The second kappa shape index (κ2) is 7.68. The summed E-state index contributed by atoms with van der Waals surface area (Å²) >= 11 is 2.08. The van der Waals surface area contributed by atoms with Crippen LogP contribution in [0.1, 0.15) is 44.9 Å². The Morgan fingerprint density at radius 3 is 2.50 bits per heavy atom. The van der Waals surface area contributed by atoms with Crippen LogP contribution in [0.15, 0.2) is 47.9 Å². The van der Waals surface area contributed by atoms with E-state index in [2.05, 4.69) is 54.7 Å². The molecule has 0 radical (unpaired) electrons. The summed E-state index contributed by atoms with van der Waals surface area (Å²) in [5, 5.41) is 0.850. The van der Waals surface area contributed by atoms with E-state index in [1.54, 1.807) is 0 Å². The molecule has 1 aromatic carbocycles. The summed E-state index contributed by atoms with van der Waals surface area (Å²) in [6.07, 6.45) is 11.7. The van der Waals surface area contributed by atoms with Gasteiger partial charge in [0.1, 0.15) is 0 Å². The highest BCUT2D eigenvalue weighted by Gasteiger charge is 2.21. The van der Waals surface area contributed by atoms with Crippen LogP contribution < -0.4 is 0 Å². The van der Waals surface area contributed by atoms with Crippen molar-refractivity contribution in [1.29, 1.82) is 0 Å². The summed E-state index contributed by atoms with van der Waals surface area (Å²) in [6.45, 7) is 3.80. The predicted molar refractivity (Wildman–Crippen MR) is 82.1 cm³/mol. The molecule has 0 N–H and O–H groups in total. The predicted octanol–water partition coefficient (Wildman–Crippen LogP) is 5.69.